The second-order valence-electron chi connectivity index (χ2n) is 4.70. The molecule has 118 valence electrons. The maximum atomic E-state index is 12.6. The fourth-order valence-corrected chi connectivity index (χ4v) is 2.90. The van der Waals surface area contributed by atoms with E-state index in [0.717, 1.165) is 16.7 Å². The molecule has 0 amide bonds. The Labute approximate surface area is 131 Å². The third-order valence-electron chi connectivity index (χ3n) is 3.06. The zero-order chi connectivity index (χ0) is 15.5. The van der Waals surface area contributed by atoms with Crippen molar-refractivity contribution >= 4 is 11.7 Å². The monoisotopic (exact) mass is 415 g/mol. The molecule has 0 bridgehead atoms. The SMILES string of the molecule is CC[I-]OC(=O)CC1CN(c2ccnc(C(F)(F)F)c2)C1. The first kappa shape index (κ1) is 16.3. The van der Waals surface area contributed by atoms with Crippen molar-refractivity contribution in [2.75, 3.05) is 22.4 Å². The molecule has 1 aromatic heterocycles. The summed E-state index contributed by atoms with van der Waals surface area (Å²) in [5.41, 5.74) is -0.404. The van der Waals surface area contributed by atoms with Crippen LogP contribution in [0.15, 0.2) is 18.3 Å². The maximum absolute atomic E-state index is 12.6. The zero-order valence-corrected chi connectivity index (χ0v) is 13.5. The number of alkyl halides is 4. The molecule has 21 heavy (non-hydrogen) atoms. The van der Waals surface area contributed by atoms with Gasteiger partial charge in [0, 0.05) is 0 Å². The second-order valence-corrected chi connectivity index (χ2v) is 7.29. The van der Waals surface area contributed by atoms with E-state index in [1.807, 2.05) is 11.8 Å². The summed E-state index contributed by atoms with van der Waals surface area (Å²) >= 11 is -0.496. The molecule has 2 rings (SSSR count). The van der Waals surface area contributed by atoms with Crippen LogP contribution in [0, 0.1) is 5.92 Å². The predicted molar refractivity (Wildman–Crippen MR) is 66.2 cm³/mol. The van der Waals surface area contributed by atoms with E-state index < -0.39 is 33.5 Å². The first-order valence-electron chi connectivity index (χ1n) is 6.47. The first-order chi connectivity index (χ1) is 9.90. The van der Waals surface area contributed by atoms with E-state index in [9.17, 15) is 18.0 Å². The van der Waals surface area contributed by atoms with Crippen molar-refractivity contribution in [2.45, 2.75) is 19.5 Å². The van der Waals surface area contributed by atoms with Crippen molar-refractivity contribution in [3.63, 3.8) is 0 Å². The molecule has 0 atom stereocenters. The van der Waals surface area contributed by atoms with Crippen LogP contribution < -0.4 is 26.5 Å². The van der Waals surface area contributed by atoms with Gasteiger partial charge in [0.2, 0.25) is 0 Å². The van der Waals surface area contributed by atoms with Crippen molar-refractivity contribution in [1.82, 2.24) is 4.98 Å². The van der Waals surface area contributed by atoms with Gasteiger partial charge < -0.3 is 0 Å². The summed E-state index contributed by atoms with van der Waals surface area (Å²) in [6, 6.07) is 2.59. The molecule has 0 N–H and O–H groups in total. The van der Waals surface area contributed by atoms with Crippen molar-refractivity contribution in [1.29, 1.82) is 0 Å². The number of hydrogen-bond donors (Lipinski definition) is 0. The molecule has 2 heterocycles. The minimum absolute atomic E-state index is 0.154. The molecule has 1 aliphatic heterocycles. The van der Waals surface area contributed by atoms with Crippen LogP contribution in [0.25, 0.3) is 0 Å². The van der Waals surface area contributed by atoms with Gasteiger partial charge in [-0.15, -0.1) is 0 Å². The molecule has 1 aromatic rings. The van der Waals surface area contributed by atoms with Crippen LogP contribution >= 0.6 is 0 Å². The van der Waals surface area contributed by atoms with E-state index in [0.29, 0.717) is 25.2 Å². The van der Waals surface area contributed by atoms with Gasteiger partial charge >= 0.3 is 131 Å². The normalized spacial score (nSPS) is 15.9. The second kappa shape index (κ2) is 6.80. The number of anilines is 1. The number of halogens is 4. The van der Waals surface area contributed by atoms with E-state index in [1.54, 1.807) is 6.07 Å². The number of aromatic nitrogens is 1. The molecule has 0 aliphatic carbocycles. The third kappa shape index (κ3) is 4.45. The molecular weight excluding hydrogens is 400 g/mol. The molecule has 0 unspecified atom stereocenters. The molecule has 1 saturated heterocycles. The Morgan fingerprint density at radius 2 is 2.24 bits per heavy atom. The number of carbonyl (C=O) groups excluding carboxylic acids is 1. The van der Waals surface area contributed by atoms with Crippen LogP contribution in [0.4, 0.5) is 18.9 Å². The van der Waals surface area contributed by atoms with Crippen molar-refractivity contribution in [2.24, 2.45) is 5.92 Å². The molecular formula is C13H15F3IN2O2-. The van der Waals surface area contributed by atoms with Gasteiger partial charge in [-0.1, -0.05) is 0 Å². The summed E-state index contributed by atoms with van der Waals surface area (Å²) in [4.78, 5) is 16.6. The van der Waals surface area contributed by atoms with Crippen LogP contribution in [-0.2, 0) is 14.0 Å². The van der Waals surface area contributed by atoms with E-state index >= 15 is 0 Å². The standard InChI is InChI=1S/C13H15F3IN2O2/c1-2-17-21-12(20)5-9-7-19(8-9)10-3-4-18-11(6-10)13(14,15)16/h3-4,6,9H,2,5,7-8H2,1H3/q-1. The number of pyridine rings is 1. The van der Waals surface area contributed by atoms with Crippen LogP contribution in [0.5, 0.6) is 0 Å². The number of rotatable bonds is 5. The predicted octanol–water partition coefficient (Wildman–Crippen LogP) is -0.506. The summed E-state index contributed by atoms with van der Waals surface area (Å²) in [6.45, 7) is 3.11. The van der Waals surface area contributed by atoms with E-state index in [-0.39, 0.29) is 11.9 Å². The van der Waals surface area contributed by atoms with Crippen molar-refractivity contribution in [3.8, 4) is 0 Å². The fraction of sp³-hybridized carbons (Fsp3) is 0.538. The van der Waals surface area contributed by atoms with Gasteiger partial charge in [-0.3, -0.25) is 0 Å². The van der Waals surface area contributed by atoms with E-state index in [1.165, 1.54) is 0 Å². The average Bonchev–Trinajstić information content (AvgIpc) is 2.39. The van der Waals surface area contributed by atoms with Gasteiger partial charge in [-0.25, -0.2) is 0 Å². The van der Waals surface area contributed by atoms with Crippen molar-refractivity contribution < 1.29 is 42.7 Å². The minimum atomic E-state index is -4.44. The first-order valence-corrected chi connectivity index (χ1v) is 8.88. The van der Waals surface area contributed by atoms with Gasteiger partial charge in [0.15, 0.2) is 0 Å². The van der Waals surface area contributed by atoms with E-state index in [2.05, 4.69) is 4.98 Å². The average molecular weight is 415 g/mol. The van der Waals surface area contributed by atoms with Gasteiger partial charge in [0.05, 0.1) is 0 Å². The fourth-order valence-electron chi connectivity index (χ4n) is 2.06. The summed E-state index contributed by atoms with van der Waals surface area (Å²) in [7, 11) is 0. The Balaban J connectivity index is 1.86. The summed E-state index contributed by atoms with van der Waals surface area (Å²) in [5, 5.41) is 0. The molecule has 0 aromatic carbocycles. The summed E-state index contributed by atoms with van der Waals surface area (Å²) in [6.07, 6.45) is -2.94. The van der Waals surface area contributed by atoms with Crippen molar-refractivity contribution in [3.05, 3.63) is 24.0 Å². The number of carbonyl (C=O) groups is 1. The van der Waals surface area contributed by atoms with Crippen LogP contribution in [0.2, 0.25) is 0 Å². The topological polar surface area (TPSA) is 42.4 Å². The molecule has 1 fully saturated rings. The van der Waals surface area contributed by atoms with Gasteiger partial charge in [0.1, 0.15) is 0 Å². The number of hydrogen-bond acceptors (Lipinski definition) is 4. The van der Waals surface area contributed by atoms with Gasteiger partial charge in [0.25, 0.3) is 0 Å². The Hall–Kier alpha value is -1.06. The van der Waals surface area contributed by atoms with Gasteiger partial charge in [-0.05, 0) is 0 Å². The summed E-state index contributed by atoms with van der Waals surface area (Å²) < 4.78 is 43.7. The summed E-state index contributed by atoms with van der Waals surface area (Å²) in [5.74, 6) is -0.0409. The quantitative estimate of drug-likeness (QED) is 0.481. The Morgan fingerprint density at radius 1 is 1.52 bits per heavy atom. The molecule has 0 saturated carbocycles. The third-order valence-corrected chi connectivity index (χ3v) is 4.49. The molecule has 0 spiro atoms. The molecule has 1 aliphatic rings. The zero-order valence-electron chi connectivity index (χ0n) is 11.4. The Morgan fingerprint density at radius 3 is 2.86 bits per heavy atom. The van der Waals surface area contributed by atoms with Crippen LogP contribution in [0.3, 0.4) is 0 Å². The van der Waals surface area contributed by atoms with Crippen LogP contribution in [0.1, 0.15) is 19.0 Å². The number of nitrogens with zero attached hydrogens (tertiary/aromatic N) is 2. The van der Waals surface area contributed by atoms with Gasteiger partial charge in [-0.2, -0.15) is 0 Å². The molecule has 8 heteroatoms. The van der Waals surface area contributed by atoms with Crippen LogP contribution in [-0.4, -0.2) is 28.5 Å². The molecule has 4 nitrogen and oxygen atoms in total. The van der Waals surface area contributed by atoms with E-state index in [4.69, 9.17) is 3.07 Å². The Kier molecular flexibility index (Phi) is 5.28. The molecule has 0 radical (unpaired) electrons. The Bertz CT molecular complexity index is 504.